The van der Waals surface area contributed by atoms with Crippen molar-refractivity contribution in [2.45, 2.75) is 51.7 Å². The van der Waals surface area contributed by atoms with Crippen molar-refractivity contribution >= 4 is 7.82 Å². The summed E-state index contributed by atoms with van der Waals surface area (Å²) in [5, 5.41) is 0. The first-order valence-corrected chi connectivity index (χ1v) is 6.17. The zero-order chi connectivity index (χ0) is 11.4. The zero-order valence-electron chi connectivity index (χ0n) is 8.93. The molecule has 0 aromatic carbocycles. The van der Waals surface area contributed by atoms with Crippen molar-refractivity contribution in [2.75, 3.05) is 0 Å². The van der Waals surface area contributed by atoms with Gasteiger partial charge in [-0.1, -0.05) is 0 Å². The summed E-state index contributed by atoms with van der Waals surface area (Å²) in [5.74, 6) is 0. The van der Waals surface area contributed by atoms with Crippen molar-refractivity contribution in [3.05, 3.63) is 0 Å². The summed E-state index contributed by atoms with van der Waals surface area (Å²) in [4.78, 5) is 17.3. The molecule has 0 heterocycles. The minimum Gasteiger partial charge on any atom is -0.328 e. The lowest BCUT2D eigenvalue weighted by Crippen LogP contribution is -2.24. The average Bonchev–Trinajstić information content (AvgIpc) is 1.78. The molecular formula is C8H20NO4P. The van der Waals surface area contributed by atoms with Gasteiger partial charge in [0.05, 0.1) is 5.60 Å². The number of phosphoric ester groups is 1. The summed E-state index contributed by atoms with van der Waals surface area (Å²) >= 11 is 0. The fraction of sp³-hybridized carbons (Fsp3) is 1.00. The third-order valence-corrected chi connectivity index (χ3v) is 2.54. The lowest BCUT2D eigenvalue weighted by Gasteiger charge is -2.25. The van der Waals surface area contributed by atoms with Crippen LogP contribution in [0.1, 0.15) is 40.0 Å². The van der Waals surface area contributed by atoms with Gasteiger partial charge in [0.1, 0.15) is 0 Å². The van der Waals surface area contributed by atoms with Gasteiger partial charge in [0, 0.05) is 6.04 Å². The molecule has 0 rings (SSSR count). The van der Waals surface area contributed by atoms with Gasteiger partial charge in [-0.05, 0) is 40.0 Å². The van der Waals surface area contributed by atoms with Crippen LogP contribution in [0.5, 0.6) is 0 Å². The Morgan fingerprint density at radius 2 is 2.00 bits per heavy atom. The Morgan fingerprint density at radius 3 is 2.36 bits per heavy atom. The Bertz CT molecular complexity index is 211. The van der Waals surface area contributed by atoms with Crippen LogP contribution in [0.2, 0.25) is 0 Å². The Hall–Kier alpha value is 0.0700. The predicted molar refractivity (Wildman–Crippen MR) is 54.7 cm³/mol. The molecule has 0 fully saturated rings. The van der Waals surface area contributed by atoms with Crippen molar-refractivity contribution in [3.8, 4) is 0 Å². The Labute approximate surface area is 84.9 Å². The number of hydrogen-bond donors (Lipinski definition) is 3. The van der Waals surface area contributed by atoms with E-state index in [9.17, 15) is 4.57 Å². The zero-order valence-corrected chi connectivity index (χ0v) is 9.83. The summed E-state index contributed by atoms with van der Waals surface area (Å²) in [7, 11) is -4.38. The minimum absolute atomic E-state index is 0.112. The molecule has 0 aromatic rings. The van der Waals surface area contributed by atoms with E-state index in [1.165, 1.54) is 0 Å². The maximum Gasteiger partial charge on any atom is 0.470 e. The molecule has 0 spiro atoms. The van der Waals surface area contributed by atoms with Crippen LogP contribution in [0.3, 0.4) is 0 Å². The molecule has 0 aliphatic rings. The van der Waals surface area contributed by atoms with E-state index in [0.717, 1.165) is 12.8 Å². The number of phosphoric acid groups is 1. The summed E-state index contributed by atoms with van der Waals surface area (Å²) in [5.41, 5.74) is 4.76. The third kappa shape index (κ3) is 8.66. The minimum atomic E-state index is -4.38. The van der Waals surface area contributed by atoms with E-state index in [1.54, 1.807) is 13.8 Å². The van der Waals surface area contributed by atoms with Crippen LogP contribution in [0.15, 0.2) is 0 Å². The SMILES string of the molecule is CC(N)CCCC(C)(C)OP(=O)(O)O. The second-order valence-corrected chi connectivity index (χ2v) is 5.37. The van der Waals surface area contributed by atoms with Gasteiger partial charge in [0.15, 0.2) is 0 Å². The Balaban J connectivity index is 3.90. The molecule has 6 heteroatoms. The number of nitrogens with two attached hydrogens (primary N) is 1. The highest BCUT2D eigenvalue weighted by Crippen LogP contribution is 2.42. The van der Waals surface area contributed by atoms with Gasteiger partial charge in [-0.15, -0.1) is 0 Å². The summed E-state index contributed by atoms with van der Waals surface area (Å²) in [6.07, 6.45) is 2.21. The highest BCUT2D eigenvalue weighted by Gasteiger charge is 2.28. The van der Waals surface area contributed by atoms with Crippen LogP contribution in [0, 0.1) is 0 Å². The van der Waals surface area contributed by atoms with Crippen LogP contribution >= 0.6 is 7.82 Å². The van der Waals surface area contributed by atoms with Crippen molar-refractivity contribution in [1.82, 2.24) is 0 Å². The molecule has 0 aliphatic carbocycles. The Morgan fingerprint density at radius 1 is 1.50 bits per heavy atom. The fourth-order valence-corrected chi connectivity index (χ4v) is 1.95. The fourth-order valence-electron chi connectivity index (χ4n) is 1.22. The predicted octanol–water partition coefficient (Wildman–Crippen LogP) is 1.39. The summed E-state index contributed by atoms with van der Waals surface area (Å²) in [6.45, 7) is 5.22. The van der Waals surface area contributed by atoms with E-state index in [2.05, 4.69) is 4.52 Å². The average molecular weight is 225 g/mol. The van der Waals surface area contributed by atoms with Crippen LogP contribution in [0.25, 0.3) is 0 Å². The van der Waals surface area contributed by atoms with E-state index in [0.29, 0.717) is 6.42 Å². The summed E-state index contributed by atoms with van der Waals surface area (Å²) < 4.78 is 15.2. The Kier molecular flexibility index (Phi) is 5.26. The maximum absolute atomic E-state index is 10.6. The van der Waals surface area contributed by atoms with Gasteiger partial charge >= 0.3 is 7.82 Å². The first-order valence-electron chi connectivity index (χ1n) is 4.64. The summed E-state index contributed by atoms with van der Waals surface area (Å²) in [6, 6.07) is 0.112. The second kappa shape index (κ2) is 5.24. The molecule has 0 aromatic heterocycles. The highest BCUT2D eigenvalue weighted by atomic mass is 31.2. The molecule has 0 bridgehead atoms. The van der Waals surface area contributed by atoms with Crippen molar-refractivity contribution < 1.29 is 18.9 Å². The molecule has 0 radical (unpaired) electrons. The molecule has 14 heavy (non-hydrogen) atoms. The number of hydrogen-bond acceptors (Lipinski definition) is 3. The van der Waals surface area contributed by atoms with Crippen LogP contribution in [-0.4, -0.2) is 21.4 Å². The van der Waals surface area contributed by atoms with Gasteiger partial charge in [-0.3, -0.25) is 4.52 Å². The lowest BCUT2D eigenvalue weighted by atomic mass is 10.00. The van der Waals surface area contributed by atoms with Crippen molar-refractivity contribution in [3.63, 3.8) is 0 Å². The lowest BCUT2D eigenvalue weighted by molar-refractivity contribution is 0.0556. The standard InChI is InChI=1S/C8H20NO4P/c1-7(9)5-4-6-8(2,3)13-14(10,11)12/h7H,4-6,9H2,1-3H3,(H2,10,11,12). The van der Waals surface area contributed by atoms with Crippen LogP contribution in [-0.2, 0) is 9.09 Å². The molecule has 1 atom stereocenters. The first-order chi connectivity index (χ1) is 6.12. The van der Waals surface area contributed by atoms with Crippen LogP contribution < -0.4 is 5.73 Å². The molecule has 0 amide bonds. The molecule has 86 valence electrons. The molecule has 5 nitrogen and oxygen atoms in total. The van der Waals surface area contributed by atoms with Crippen LogP contribution in [0.4, 0.5) is 0 Å². The molecule has 0 saturated carbocycles. The molecular weight excluding hydrogens is 205 g/mol. The third-order valence-electron chi connectivity index (χ3n) is 1.80. The molecule has 4 N–H and O–H groups in total. The number of rotatable bonds is 6. The van der Waals surface area contributed by atoms with Gasteiger partial charge in [-0.2, -0.15) is 0 Å². The van der Waals surface area contributed by atoms with Gasteiger partial charge in [0.25, 0.3) is 0 Å². The van der Waals surface area contributed by atoms with Gasteiger partial charge < -0.3 is 15.5 Å². The van der Waals surface area contributed by atoms with E-state index in [-0.39, 0.29) is 6.04 Å². The monoisotopic (exact) mass is 225 g/mol. The normalized spacial score (nSPS) is 15.6. The van der Waals surface area contributed by atoms with E-state index in [1.807, 2.05) is 6.92 Å². The van der Waals surface area contributed by atoms with E-state index < -0.39 is 13.4 Å². The quantitative estimate of drug-likeness (QED) is 0.594. The van der Waals surface area contributed by atoms with Crippen molar-refractivity contribution in [2.24, 2.45) is 5.73 Å². The maximum atomic E-state index is 10.6. The van der Waals surface area contributed by atoms with Gasteiger partial charge in [0.2, 0.25) is 0 Å². The molecule has 0 aliphatic heterocycles. The smallest absolute Gasteiger partial charge is 0.328 e. The first kappa shape index (κ1) is 14.1. The topological polar surface area (TPSA) is 92.8 Å². The van der Waals surface area contributed by atoms with E-state index in [4.69, 9.17) is 15.5 Å². The largest absolute Gasteiger partial charge is 0.470 e. The van der Waals surface area contributed by atoms with E-state index >= 15 is 0 Å². The highest BCUT2D eigenvalue weighted by molar-refractivity contribution is 7.46. The van der Waals surface area contributed by atoms with Gasteiger partial charge in [-0.25, -0.2) is 4.57 Å². The molecule has 0 saturated heterocycles. The van der Waals surface area contributed by atoms with Crippen molar-refractivity contribution in [1.29, 1.82) is 0 Å². The molecule has 1 unspecified atom stereocenters. The second-order valence-electron chi connectivity index (χ2n) is 4.21.